The van der Waals surface area contributed by atoms with Gasteiger partial charge in [-0.1, -0.05) is 6.92 Å². The topological polar surface area (TPSA) is 49.4 Å². The minimum absolute atomic E-state index is 0.155. The fourth-order valence-electron chi connectivity index (χ4n) is 1.51. The Morgan fingerprint density at radius 3 is 2.11 bits per heavy atom. The molecule has 0 unspecified atom stereocenters. The number of sulfonamides is 1. The Bertz CT molecular complexity index is 512. The molecule has 1 rings (SSSR count). The van der Waals surface area contributed by atoms with Crippen LogP contribution in [0.15, 0.2) is 29.2 Å². The van der Waals surface area contributed by atoms with Crippen molar-refractivity contribution in [1.29, 1.82) is 0 Å². The van der Waals surface area contributed by atoms with Crippen molar-refractivity contribution in [2.45, 2.75) is 18.0 Å². The highest BCUT2D eigenvalue weighted by atomic mass is 32.2. The molecule has 0 amide bonds. The number of alkyl halides is 3. The first-order valence-electron chi connectivity index (χ1n) is 5.55. The van der Waals surface area contributed by atoms with Gasteiger partial charge in [-0.15, -0.1) is 0 Å². The zero-order valence-corrected chi connectivity index (χ0v) is 11.3. The summed E-state index contributed by atoms with van der Waals surface area (Å²) in [6, 6.07) is 5.54. The number of benzene rings is 1. The van der Waals surface area contributed by atoms with Gasteiger partial charge in [0.1, 0.15) is 6.54 Å². The summed E-state index contributed by atoms with van der Waals surface area (Å²) in [5, 5.41) is 2.80. The Labute approximate surface area is 110 Å². The fraction of sp³-hybridized carbons (Fsp3) is 0.455. The Morgan fingerprint density at radius 2 is 1.74 bits per heavy atom. The van der Waals surface area contributed by atoms with E-state index in [9.17, 15) is 21.6 Å². The highest BCUT2D eigenvalue weighted by molar-refractivity contribution is 7.89. The van der Waals surface area contributed by atoms with Crippen molar-refractivity contribution in [2.24, 2.45) is 0 Å². The molecule has 4 nitrogen and oxygen atoms in total. The van der Waals surface area contributed by atoms with E-state index < -0.39 is 22.7 Å². The van der Waals surface area contributed by atoms with Gasteiger partial charge in [0.2, 0.25) is 10.0 Å². The second-order valence-corrected chi connectivity index (χ2v) is 5.76. The third-order valence-electron chi connectivity index (χ3n) is 2.49. The molecule has 0 aromatic heterocycles. The van der Waals surface area contributed by atoms with Crippen molar-refractivity contribution in [3.05, 3.63) is 24.3 Å². The molecule has 0 spiro atoms. The maximum absolute atomic E-state index is 12.3. The van der Waals surface area contributed by atoms with E-state index in [0.717, 1.165) is 0 Å². The number of nitrogens with zero attached hydrogens (tertiary/aromatic N) is 1. The van der Waals surface area contributed by atoms with Gasteiger partial charge in [-0.05, 0) is 24.3 Å². The van der Waals surface area contributed by atoms with E-state index in [1.54, 1.807) is 7.05 Å². The molecule has 0 aliphatic heterocycles. The minimum atomic E-state index is -4.56. The van der Waals surface area contributed by atoms with Crippen molar-refractivity contribution in [1.82, 2.24) is 4.31 Å². The molecule has 1 aromatic carbocycles. The quantitative estimate of drug-likeness (QED) is 0.907. The lowest BCUT2D eigenvalue weighted by molar-refractivity contribution is -0.135. The minimum Gasteiger partial charge on any atom is -0.388 e. The molecule has 0 atom stereocenters. The summed E-state index contributed by atoms with van der Waals surface area (Å²) in [6.45, 7) is -0.361. The smallest absolute Gasteiger partial charge is 0.388 e. The van der Waals surface area contributed by atoms with Gasteiger partial charge in [0, 0.05) is 19.3 Å². The van der Waals surface area contributed by atoms with Crippen LogP contribution in [0.3, 0.4) is 0 Å². The summed E-state index contributed by atoms with van der Waals surface area (Å²) in [7, 11) is -2.47. The molecule has 0 saturated heterocycles. The van der Waals surface area contributed by atoms with Crippen molar-refractivity contribution in [2.75, 3.05) is 25.5 Å². The SMILES string of the molecule is CCN(CC(F)(F)F)S(=O)(=O)c1ccc(NC)cc1. The number of halogens is 3. The third kappa shape index (κ3) is 4.10. The average molecular weight is 296 g/mol. The van der Waals surface area contributed by atoms with Crippen LogP contribution in [0.5, 0.6) is 0 Å². The molecule has 0 radical (unpaired) electrons. The van der Waals surface area contributed by atoms with Crippen LogP contribution >= 0.6 is 0 Å². The predicted octanol–water partition coefficient (Wildman–Crippen LogP) is 2.30. The summed E-state index contributed by atoms with van der Waals surface area (Å²) in [6.07, 6.45) is -4.56. The van der Waals surface area contributed by atoms with Gasteiger partial charge in [-0.25, -0.2) is 8.42 Å². The standard InChI is InChI=1S/C11H15F3N2O2S/c1-3-16(8-11(12,13)14)19(17,18)10-6-4-9(15-2)5-7-10/h4-7,15H,3,8H2,1-2H3. The lowest BCUT2D eigenvalue weighted by Crippen LogP contribution is -2.38. The van der Waals surface area contributed by atoms with Crippen LogP contribution in [-0.2, 0) is 10.0 Å². The Hall–Kier alpha value is -1.28. The first-order valence-corrected chi connectivity index (χ1v) is 6.99. The maximum atomic E-state index is 12.3. The summed E-state index contributed by atoms with van der Waals surface area (Å²) >= 11 is 0. The molecule has 0 saturated carbocycles. The molecular weight excluding hydrogens is 281 g/mol. The summed E-state index contributed by atoms with van der Waals surface area (Å²) in [4.78, 5) is -0.155. The molecule has 108 valence electrons. The largest absolute Gasteiger partial charge is 0.402 e. The third-order valence-corrected chi connectivity index (χ3v) is 4.42. The predicted molar refractivity (Wildman–Crippen MR) is 66.5 cm³/mol. The van der Waals surface area contributed by atoms with Crippen molar-refractivity contribution in [3.63, 3.8) is 0 Å². The molecule has 1 N–H and O–H groups in total. The zero-order chi connectivity index (χ0) is 14.7. The molecule has 8 heteroatoms. The fourth-order valence-corrected chi connectivity index (χ4v) is 2.94. The van der Waals surface area contributed by atoms with Crippen LogP contribution in [-0.4, -0.2) is 39.0 Å². The van der Waals surface area contributed by atoms with Gasteiger partial charge >= 0.3 is 6.18 Å². The van der Waals surface area contributed by atoms with E-state index >= 15 is 0 Å². The number of rotatable bonds is 5. The van der Waals surface area contributed by atoms with Crippen LogP contribution in [0.4, 0.5) is 18.9 Å². The number of nitrogens with one attached hydrogen (secondary N) is 1. The van der Waals surface area contributed by atoms with Gasteiger partial charge in [-0.2, -0.15) is 17.5 Å². The van der Waals surface area contributed by atoms with Crippen LogP contribution in [0, 0.1) is 0 Å². The molecule has 0 bridgehead atoms. The van der Waals surface area contributed by atoms with Crippen molar-refractivity contribution in [3.8, 4) is 0 Å². The molecule has 0 fully saturated rings. The van der Waals surface area contributed by atoms with Gasteiger partial charge < -0.3 is 5.32 Å². The summed E-state index contributed by atoms with van der Waals surface area (Å²) in [5.74, 6) is 0. The number of hydrogen-bond donors (Lipinski definition) is 1. The second kappa shape index (κ2) is 5.79. The zero-order valence-electron chi connectivity index (χ0n) is 10.5. The molecular formula is C11H15F3N2O2S. The first kappa shape index (κ1) is 15.8. The van der Waals surface area contributed by atoms with Crippen molar-refractivity contribution < 1.29 is 21.6 Å². The summed E-state index contributed by atoms with van der Waals surface area (Å²) < 4.78 is 61.5. The molecule has 0 heterocycles. The van der Waals surface area contributed by atoms with Crippen LogP contribution < -0.4 is 5.32 Å². The molecule has 0 aliphatic rings. The van der Waals surface area contributed by atoms with Gasteiger partial charge in [0.15, 0.2) is 0 Å². The van der Waals surface area contributed by atoms with Crippen LogP contribution in [0.25, 0.3) is 0 Å². The van der Waals surface area contributed by atoms with Crippen molar-refractivity contribution >= 4 is 15.7 Å². The van der Waals surface area contributed by atoms with Gasteiger partial charge in [-0.3, -0.25) is 0 Å². The van der Waals surface area contributed by atoms with Gasteiger partial charge in [0.25, 0.3) is 0 Å². The molecule has 1 aromatic rings. The lowest BCUT2D eigenvalue weighted by Gasteiger charge is -2.21. The number of hydrogen-bond acceptors (Lipinski definition) is 3. The Balaban J connectivity index is 3.06. The molecule has 0 aliphatic carbocycles. The summed E-state index contributed by atoms with van der Waals surface area (Å²) in [5.41, 5.74) is 0.679. The second-order valence-electron chi connectivity index (χ2n) is 3.82. The average Bonchev–Trinajstić information content (AvgIpc) is 2.34. The first-order chi connectivity index (χ1) is 8.70. The van der Waals surface area contributed by atoms with Crippen LogP contribution in [0.2, 0.25) is 0 Å². The Morgan fingerprint density at radius 1 is 1.21 bits per heavy atom. The van der Waals surface area contributed by atoms with E-state index in [-0.39, 0.29) is 11.4 Å². The highest BCUT2D eigenvalue weighted by Gasteiger charge is 2.36. The monoisotopic (exact) mass is 296 g/mol. The van der Waals surface area contributed by atoms with E-state index in [2.05, 4.69) is 5.32 Å². The highest BCUT2D eigenvalue weighted by Crippen LogP contribution is 2.23. The van der Waals surface area contributed by atoms with Crippen LogP contribution in [0.1, 0.15) is 6.92 Å². The Kier molecular flexibility index (Phi) is 4.81. The van der Waals surface area contributed by atoms with Gasteiger partial charge in [0.05, 0.1) is 4.90 Å². The van der Waals surface area contributed by atoms with E-state index in [0.29, 0.717) is 9.99 Å². The number of anilines is 1. The molecule has 19 heavy (non-hydrogen) atoms. The van der Waals surface area contributed by atoms with E-state index in [1.165, 1.54) is 31.2 Å². The van der Waals surface area contributed by atoms with E-state index in [4.69, 9.17) is 0 Å². The lowest BCUT2D eigenvalue weighted by atomic mass is 10.3. The van der Waals surface area contributed by atoms with E-state index in [1.807, 2.05) is 0 Å². The normalized spacial score (nSPS) is 12.7. The maximum Gasteiger partial charge on any atom is 0.402 e.